The van der Waals surface area contributed by atoms with Crippen LogP contribution in [0.25, 0.3) is 0 Å². The topological polar surface area (TPSA) is 31.9 Å². The lowest BCUT2D eigenvalue weighted by Gasteiger charge is -2.36. The number of H-pyrrole nitrogens is 1. The Hall–Kier alpha value is -0.990. The molecule has 2 heterocycles. The van der Waals surface area contributed by atoms with E-state index in [4.69, 9.17) is 0 Å². The summed E-state index contributed by atoms with van der Waals surface area (Å²) in [5.74, 6) is 1.89. The summed E-state index contributed by atoms with van der Waals surface area (Å²) in [4.78, 5) is 9.81. The number of piperidine rings is 1. The second kappa shape index (κ2) is 3.40. The molecule has 1 fully saturated rings. The molecule has 0 spiro atoms. The van der Waals surface area contributed by atoms with E-state index in [1.807, 2.05) is 12.4 Å². The van der Waals surface area contributed by atoms with E-state index in [0.717, 1.165) is 18.4 Å². The van der Waals surface area contributed by atoms with Crippen LogP contribution in [0.4, 0.5) is 5.95 Å². The van der Waals surface area contributed by atoms with Gasteiger partial charge in [-0.25, -0.2) is 4.98 Å². The van der Waals surface area contributed by atoms with E-state index in [2.05, 4.69) is 28.7 Å². The van der Waals surface area contributed by atoms with E-state index in [0.29, 0.717) is 6.04 Å². The number of nitrogens with zero attached hydrogens (tertiary/aromatic N) is 2. The van der Waals surface area contributed by atoms with Gasteiger partial charge in [0, 0.05) is 25.0 Å². The summed E-state index contributed by atoms with van der Waals surface area (Å²) in [5.41, 5.74) is 0. The lowest BCUT2D eigenvalue weighted by Crippen LogP contribution is -2.40. The van der Waals surface area contributed by atoms with Gasteiger partial charge in [-0.2, -0.15) is 0 Å². The van der Waals surface area contributed by atoms with Gasteiger partial charge in [-0.3, -0.25) is 0 Å². The van der Waals surface area contributed by atoms with Gasteiger partial charge in [-0.1, -0.05) is 6.92 Å². The van der Waals surface area contributed by atoms with Crippen molar-refractivity contribution in [1.82, 2.24) is 9.97 Å². The summed E-state index contributed by atoms with van der Waals surface area (Å²) in [7, 11) is 0. The Balaban J connectivity index is 2.08. The molecule has 0 amide bonds. The zero-order valence-electron chi connectivity index (χ0n) is 8.33. The van der Waals surface area contributed by atoms with Gasteiger partial charge in [0.1, 0.15) is 0 Å². The number of anilines is 1. The fourth-order valence-corrected chi connectivity index (χ4v) is 2.14. The summed E-state index contributed by atoms with van der Waals surface area (Å²) in [6.07, 6.45) is 6.27. The van der Waals surface area contributed by atoms with Crippen molar-refractivity contribution in [2.45, 2.75) is 32.7 Å². The summed E-state index contributed by atoms with van der Waals surface area (Å²) in [6, 6.07) is 0.620. The monoisotopic (exact) mass is 179 g/mol. The minimum atomic E-state index is 0.620. The molecule has 1 saturated heterocycles. The SMILES string of the molecule is CC1CCN(c2ncc[nH]2)C(C)C1. The van der Waals surface area contributed by atoms with Crippen LogP contribution in [0.5, 0.6) is 0 Å². The maximum Gasteiger partial charge on any atom is 0.202 e. The fraction of sp³-hybridized carbons (Fsp3) is 0.700. The Morgan fingerprint density at radius 3 is 3.00 bits per heavy atom. The minimum Gasteiger partial charge on any atom is -0.340 e. The Bertz CT molecular complexity index is 255. The lowest BCUT2D eigenvalue weighted by atomic mass is 9.94. The Morgan fingerprint density at radius 2 is 2.38 bits per heavy atom. The average molecular weight is 179 g/mol. The maximum atomic E-state index is 4.29. The average Bonchev–Trinajstić information content (AvgIpc) is 2.56. The van der Waals surface area contributed by atoms with E-state index in [-0.39, 0.29) is 0 Å². The number of rotatable bonds is 1. The molecule has 2 atom stereocenters. The molecule has 13 heavy (non-hydrogen) atoms. The molecule has 1 aliphatic heterocycles. The van der Waals surface area contributed by atoms with Gasteiger partial charge in [-0.15, -0.1) is 0 Å². The van der Waals surface area contributed by atoms with Crippen LogP contribution in [-0.4, -0.2) is 22.6 Å². The van der Waals surface area contributed by atoms with E-state index in [9.17, 15) is 0 Å². The predicted octanol–water partition coefficient (Wildman–Crippen LogP) is 2.03. The highest BCUT2D eigenvalue weighted by Gasteiger charge is 2.23. The molecule has 0 aliphatic carbocycles. The first kappa shape index (κ1) is 8.60. The maximum absolute atomic E-state index is 4.29. The highest BCUT2D eigenvalue weighted by atomic mass is 15.3. The highest BCUT2D eigenvalue weighted by molar-refractivity contribution is 5.31. The van der Waals surface area contributed by atoms with E-state index >= 15 is 0 Å². The van der Waals surface area contributed by atoms with Gasteiger partial charge in [0.05, 0.1) is 0 Å². The van der Waals surface area contributed by atoms with Crippen molar-refractivity contribution >= 4 is 5.95 Å². The van der Waals surface area contributed by atoms with Gasteiger partial charge in [0.15, 0.2) is 0 Å². The van der Waals surface area contributed by atoms with E-state index in [1.165, 1.54) is 12.8 Å². The van der Waals surface area contributed by atoms with Crippen molar-refractivity contribution in [2.24, 2.45) is 5.92 Å². The van der Waals surface area contributed by atoms with Crippen molar-refractivity contribution in [1.29, 1.82) is 0 Å². The van der Waals surface area contributed by atoms with E-state index in [1.54, 1.807) is 0 Å². The van der Waals surface area contributed by atoms with Gasteiger partial charge in [0.25, 0.3) is 0 Å². The van der Waals surface area contributed by atoms with Crippen LogP contribution in [0.1, 0.15) is 26.7 Å². The summed E-state index contributed by atoms with van der Waals surface area (Å²) >= 11 is 0. The van der Waals surface area contributed by atoms with Gasteiger partial charge in [-0.05, 0) is 25.7 Å². The molecule has 0 saturated carbocycles. The first-order valence-corrected chi connectivity index (χ1v) is 5.03. The third-order valence-electron chi connectivity index (χ3n) is 2.89. The molecule has 2 unspecified atom stereocenters. The predicted molar refractivity (Wildman–Crippen MR) is 53.8 cm³/mol. The molecular formula is C10H17N3. The fourth-order valence-electron chi connectivity index (χ4n) is 2.14. The summed E-state index contributed by atoms with van der Waals surface area (Å²) in [6.45, 7) is 5.74. The first-order valence-electron chi connectivity index (χ1n) is 5.03. The molecular weight excluding hydrogens is 162 g/mol. The smallest absolute Gasteiger partial charge is 0.202 e. The molecule has 0 bridgehead atoms. The third kappa shape index (κ3) is 1.69. The van der Waals surface area contributed by atoms with Crippen LogP contribution in [-0.2, 0) is 0 Å². The number of hydrogen-bond acceptors (Lipinski definition) is 2. The van der Waals surface area contributed by atoms with Crippen LogP contribution in [0.3, 0.4) is 0 Å². The van der Waals surface area contributed by atoms with Crippen molar-refractivity contribution in [3.63, 3.8) is 0 Å². The first-order chi connectivity index (χ1) is 6.27. The molecule has 1 aromatic heterocycles. The largest absolute Gasteiger partial charge is 0.340 e. The standard InChI is InChI=1S/C10H17N3/c1-8-3-6-13(9(2)7-8)10-11-4-5-12-10/h4-5,8-9H,3,6-7H2,1-2H3,(H,11,12). The summed E-state index contributed by atoms with van der Waals surface area (Å²) < 4.78 is 0. The number of imidazole rings is 1. The molecule has 72 valence electrons. The van der Waals surface area contributed by atoms with Crippen LogP contribution in [0.15, 0.2) is 12.4 Å². The second-order valence-corrected chi connectivity index (χ2v) is 4.08. The quantitative estimate of drug-likeness (QED) is 0.715. The number of aromatic nitrogens is 2. The zero-order valence-corrected chi connectivity index (χ0v) is 8.33. The Labute approximate surface area is 79.2 Å². The molecule has 2 rings (SSSR count). The van der Waals surface area contributed by atoms with Crippen molar-refractivity contribution < 1.29 is 0 Å². The third-order valence-corrected chi connectivity index (χ3v) is 2.89. The van der Waals surface area contributed by atoms with Crippen molar-refractivity contribution in [2.75, 3.05) is 11.4 Å². The molecule has 3 nitrogen and oxygen atoms in total. The molecule has 0 aromatic carbocycles. The number of nitrogens with one attached hydrogen (secondary N) is 1. The molecule has 3 heteroatoms. The van der Waals surface area contributed by atoms with Gasteiger partial charge < -0.3 is 9.88 Å². The molecule has 1 aromatic rings. The van der Waals surface area contributed by atoms with Crippen LogP contribution in [0, 0.1) is 5.92 Å². The summed E-state index contributed by atoms with van der Waals surface area (Å²) in [5, 5.41) is 0. The van der Waals surface area contributed by atoms with E-state index < -0.39 is 0 Å². The lowest BCUT2D eigenvalue weighted by molar-refractivity contribution is 0.374. The van der Waals surface area contributed by atoms with Crippen molar-refractivity contribution in [3.8, 4) is 0 Å². The van der Waals surface area contributed by atoms with Crippen molar-refractivity contribution in [3.05, 3.63) is 12.4 Å². The normalized spacial score (nSPS) is 29.2. The Kier molecular flexibility index (Phi) is 2.25. The molecule has 1 N–H and O–H groups in total. The minimum absolute atomic E-state index is 0.620. The van der Waals surface area contributed by atoms with Gasteiger partial charge >= 0.3 is 0 Å². The zero-order chi connectivity index (χ0) is 9.26. The highest BCUT2D eigenvalue weighted by Crippen LogP contribution is 2.24. The van der Waals surface area contributed by atoms with Crippen LogP contribution in [0.2, 0.25) is 0 Å². The Morgan fingerprint density at radius 1 is 1.54 bits per heavy atom. The number of aromatic amines is 1. The molecule has 1 aliphatic rings. The second-order valence-electron chi connectivity index (χ2n) is 4.08. The number of hydrogen-bond donors (Lipinski definition) is 1. The van der Waals surface area contributed by atoms with Crippen LogP contribution < -0.4 is 4.90 Å². The van der Waals surface area contributed by atoms with Crippen LogP contribution >= 0.6 is 0 Å². The van der Waals surface area contributed by atoms with Gasteiger partial charge in [0.2, 0.25) is 5.95 Å². The molecule has 0 radical (unpaired) electrons.